The molecule has 1 aliphatic heterocycles. The van der Waals surface area contributed by atoms with Gasteiger partial charge < -0.3 is 5.32 Å². The van der Waals surface area contributed by atoms with Gasteiger partial charge in [-0.25, -0.2) is 4.99 Å². The van der Waals surface area contributed by atoms with Crippen LogP contribution in [0.2, 0.25) is 0 Å². The molecule has 1 fully saturated rings. The van der Waals surface area contributed by atoms with Gasteiger partial charge in [-0.2, -0.15) is 0 Å². The molecule has 2 amide bonds. The van der Waals surface area contributed by atoms with E-state index < -0.39 is 10.8 Å². The van der Waals surface area contributed by atoms with Crippen molar-refractivity contribution in [2.45, 2.75) is 44.9 Å². The van der Waals surface area contributed by atoms with Crippen molar-refractivity contribution in [3.05, 3.63) is 60.2 Å². The second kappa shape index (κ2) is 8.19. The first kappa shape index (κ1) is 20.1. The molecule has 146 valence electrons. The number of rotatable bonds is 4. The number of carbonyl (C=O) groups is 2. The number of nitrogens with one attached hydrogen (secondary N) is 1. The highest BCUT2D eigenvalue weighted by atomic mass is 32.2. The molecule has 1 saturated heterocycles. The molecule has 0 spiro atoms. The lowest BCUT2D eigenvalue weighted by Gasteiger charge is -2.31. The molecule has 6 heteroatoms. The highest BCUT2D eigenvalue weighted by molar-refractivity contribution is 8.15. The summed E-state index contributed by atoms with van der Waals surface area (Å²) in [5.41, 5.74) is 2.13. The summed E-state index contributed by atoms with van der Waals surface area (Å²) in [5.74, 6) is -0.248. The fraction of sp³-hybridized carbons (Fsp3) is 0.318. The Morgan fingerprint density at radius 3 is 2.39 bits per heavy atom. The molecule has 0 aliphatic carbocycles. The first-order valence-electron chi connectivity index (χ1n) is 9.25. The maximum atomic E-state index is 13.1. The molecule has 0 saturated carbocycles. The third-order valence-electron chi connectivity index (χ3n) is 4.38. The number of hydrogen-bond donors (Lipinski definition) is 1. The summed E-state index contributed by atoms with van der Waals surface area (Å²) in [6.07, 6.45) is 0.109. The number of carbonyl (C=O) groups excluding carboxylic acids is 2. The minimum absolute atomic E-state index is 0.0767. The Bertz CT molecular complexity index is 903. The van der Waals surface area contributed by atoms with Crippen LogP contribution in [0, 0.1) is 6.92 Å². The van der Waals surface area contributed by atoms with Crippen molar-refractivity contribution in [1.29, 1.82) is 0 Å². The average Bonchev–Trinajstić information content (AvgIpc) is 2.93. The van der Waals surface area contributed by atoms with Gasteiger partial charge in [0.25, 0.3) is 0 Å². The third-order valence-corrected chi connectivity index (χ3v) is 5.51. The molecule has 0 bridgehead atoms. The molecule has 1 aliphatic rings. The third kappa shape index (κ3) is 4.62. The van der Waals surface area contributed by atoms with E-state index in [0.29, 0.717) is 5.17 Å². The summed E-state index contributed by atoms with van der Waals surface area (Å²) in [5, 5.41) is 3.07. The number of para-hydroxylation sites is 2. The summed E-state index contributed by atoms with van der Waals surface area (Å²) in [4.78, 5) is 32.0. The van der Waals surface area contributed by atoms with E-state index in [4.69, 9.17) is 0 Å². The molecule has 3 rings (SSSR count). The molecule has 0 aromatic heterocycles. The van der Waals surface area contributed by atoms with Crippen LogP contribution in [-0.4, -0.2) is 32.7 Å². The van der Waals surface area contributed by atoms with Gasteiger partial charge in [0.15, 0.2) is 5.17 Å². The number of amidine groups is 1. The van der Waals surface area contributed by atoms with E-state index in [1.807, 2.05) is 82.3 Å². The van der Waals surface area contributed by atoms with Crippen molar-refractivity contribution in [2.75, 3.05) is 5.32 Å². The fourth-order valence-corrected chi connectivity index (χ4v) is 4.31. The van der Waals surface area contributed by atoms with E-state index in [1.165, 1.54) is 11.8 Å². The van der Waals surface area contributed by atoms with Gasteiger partial charge in [-0.15, -0.1) is 0 Å². The number of aliphatic imine (C=N–C) groups is 1. The lowest BCUT2D eigenvalue weighted by molar-refractivity contribution is -0.131. The maximum absolute atomic E-state index is 13.1. The SMILES string of the molecule is Cc1ccccc1NC(=O)CC1SC(=Nc2ccccc2)N(C(C)(C)C)C1=O. The molecular formula is C22H25N3O2S. The molecule has 2 aromatic rings. The number of thioether (sulfide) groups is 1. The van der Waals surface area contributed by atoms with E-state index >= 15 is 0 Å². The zero-order valence-corrected chi connectivity index (χ0v) is 17.4. The van der Waals surface area contributed by atoms with Crippen LogP contribution in [0.5, 0.6) is 0 Å². The monoisotopic (exact) mass is 395 g/mol. The van der Waals surface area contributed by atoms with Crippen LogP contribution in [0.15, 0.2) is 59.6 Å². The van der Waals surface area contributed by atoms with Crippen LogP contribution in [-0.2, 0) is 9.59 Å². The van der Waals surface area contributed by atoms with Gasteiger partial charge in [0.05, 0.1) is 5.69 Å². The second-order valence-corrected chi connectivity index (χ2v) is 8.92. The molecule has 1 heterocycles. The standard InChI is InChI=1S/C22H25N3O2S/c1-15-10-8-9-13-17(15)24-19(26)14-18-20(27)25(22(2,3)4)21(28-18)23-16-11-6-5-7-12-16/h5-13,18H,14H2,1-4H3,(H,24,26). The van der Waals surface area contributed by atoms with Gasteiger partial charge in [0.2, 0.25) is 11.8 Å². The molecule has 5 nitrogen and oxygen atoms in total. The second-order valence-electron chi connectivity index (χ2n) is 7.75. The van der Waals surface area contributed by atoms with Crippen molar-refractivity contribution < 1.29 is 9.59 Å². The van der Waals surface area contributed by atoms with Crippen molar-refractivity contribution in [3.8, 4) is 0 Å². The van der Waals surface area contributed by atoms with Crippen molar-refractivity contribution >= 4 is 40.1 Å². The van der Waals surface area contributed by atoms with Crippen LogP contribution >= 0.6 is 11.8 Å². The Labute approximate surface area is 170 Å². The summed E-state index contributed by atoms with van der Waals surface area (Å²) < 4.78 is 0. The fourth-order valence-electron chi connectivity index (χ4n) is 2.99. The molecule has 1 unspecified atom stereocenters. The molecular weight excluding hydrogens is 370 g/mol. The van der Waals surface area contributed by atoms with E-state index in [2.05, 4.69) is 10.3 Å². The Morgan fingerprint density at radius 2 is 1.75 bits per heavy atom. The number of hydrogen-bond acceptors (Lipinski definition) is 4. The van der Waals surface area contributed by atoms with E-state index in [1.54, 1.807) is 4.90 Å². The lowest BCUT2D eigenvalue weighted by atomic mass is 10.1. The number of aryl methyl sites for hydroxylation is 1. The minimum atomic E-state index is -0.481. The van der Waals surface area contributed by atoms with Crippen LogP contribution < -0.4 is 5.32 Å². The highest BCUT2D eigenvalue weighted by Gasteiger charge is 2.44. The van der Waals surface area contributed by atoms with Gasteiger partial charge >= 0.3 is 0 Å². The van der Waals surface area contributed by atoms with Crippen molar-refractivity contribution in [1.82, 2.24) is 4.90 Å². The first-order chi connectivity index (χ1) is 13.3. The Balaban J connectivity index is 1.79. The zero-order valence-electron chi connectivity index (χ0n) is 16.6. The predicted octanol–water partition coefficient (Wildman–Crippen LogP) is 4.75. The maximum Gasteiger partial charge on any atom is 0.243 e. The van der Waals surface area contributed by atoms with E-state index in [0.717, 1.165) is 16.9 Å². The Kier molecular flexibility index (Phi) is 5.89. The zero-order chi connectivity index (χ0) is 20.3. The minimum Gasteiger partial charge on any atom is -0.326 e. The topological polar surface area (TPSA) is 61.8 Å². The summed E-state index contributed by atoms with van der Waals surface area (Å²) in [7, 11) is 0. The Morgan fingerprint density at radius 1 is 1.11 bits per heavy atom. The largest absolute Gasteiger partial charge is 0.326 e. The summed E-state index contributed by atoms with van der Waals surface area (Å²) in [6.45, 7) is 7.86. The summed E-state index contributed by atoms with van der Waals surface area (Å²) in [6, 6.07) is 17.2. The number of nitrogens with zero attached hydrogens (tertiary/aromatic N) is 2. The van der Waals surface area contributed by atoms with E-state index in [-0.39, 0.29) is 18.2 Å². The van der Waals surface area contributed by atoms with Gasteiger partial charge in [-0.3, -0.25) is 14.5 Å². The quantitative estimate of drug-likeness (QED) is 0.812. The summed E-state index contributed by atoms with van der Waals surface area (Å²) >= 11 is 1.36. The van der Waals surface area contributed by atoms with Gasteiger partial charge in [-0.1, -0.05) is 48.2 Å². The number of benzene rings is 2. The van der Waals surface area contributed by atoms with Gasteiger partial charge in [0, 0.05) is 17.6 Å². The Hall–Kier alpha value is -2.60. The van der Waals surface area contributed by atoms with Crippen LogP contribution in [0.3, 0.4) is 0 Å². The normalized spacial score (nSPS) is 18.6. The van der Waals surface area contributed by atoms with Crippen LogP contribution in [0.1, 0.15) is 32.8 Å². The van der Waals surface area contributed by atoms with Crippen LogP contribution in [0.25, 0.3) is 0 Å². The van der Waals surface area contributed by atoms with Gasteiger partial charge in [-0.05, 0) is 51.5 Å². The van der Waals surface area contributed by atoms with Crippen molar-refractivity contribution in [3.63, 3.8) is 0 Å². The molecule has 28 heavy (non-hydrogen) atoms. The molecule has 0 radical (unpaired) electrons. The lowest BCUT2D eigenvalue weighted by Crippen LogP contribution is -2.46. The molecule has 2 aromatic carbocycles. The molecule has 1 N–H and O–H groups in total. The van der Waals surface area contributed by atoms with E-state index in [9.17, 15) is 9.59 Å². The van der Waals surface area contributed by atoms with Crippen LogP contribution in [0.4, 0.5) is 11.4 Å². The predicted molar refractivity (Wildman–Crippen MR) is 116 cm³/mol. The average molecular weight is 396 g/mol. The highest BCUT2D eigenvalue weighted by Crippen LogP contribution is 2.36. The first-order valence-corrected chi connectivity index (χ1v) is 10.1. The number of anilines is 1. The molecule has 1 atom stereocenters. The van der Waals surface area contributed by atoms with Gasteiger partial charge in [0.1, 0.15) is 5.25 Å². The smallest absolute Gasteiger partial charge is 0.243 e. The van der Waals surface area contributed by atoms with Crippen molar-refractivity contribution in [2.24, 2.45) is 4.99 Å². The number of amides is 2.